The molecule has 0 bridgehead atoms. The average Bonchev–Trinajstić information content (AvgIpc) is 2.54. The van der Waals surface area contributed by atoms with Crippen molar-refractivity contribution in [1.82, 2.24) is 0 Å². The third-order valence-electron chi connectivity index (χ3n) is 2.79. The van der Waals surface area contributed by atoms with Crippen LogP contribution in [0.3, 0.4) is 0 Å². The van der Waals surface area contributed by atoms with Gasteiger partial charge >= 0.3 is 5.97 Å². The molecule has 1 fully saturated rings. The van der Waals surface area contributed by atoms with Crippen molar-refractivity contribution in [2.45, 2.75) is 44.6 Å². The Labute approximate surface area is 102 Å². The molecule has 96 valence electrons. The third kappa shape index (κ3) is 4.32. The molecule has 1 aliphatic heterocycles. The first kappa shape index (κ1) is 13.9. The number of unbranched alkanes of at least 4 members (excludes halogenated alkanes) is 5. The molecule has 0 aliphatic carbocycles. The van der Waals surface area contributed by atoms with Crippen LogP contribution in [-0.2, 0) is 9.53 Å². The van der Waals surface area contributed by atoms with E-state index in [0.717, 1.165) is 38.5 Å². The van der Waals surface area contributed by atoms with E-state index < -0.39 is 12.1 Å². The summed E-state index contributed by atoms with van der Waals surface area (Å²) in [6.45, 7) is 3.71. The minimum absolute atomic E-state index is 0.115. The number of aliphatic hydroxyl groups is 2. The Morgan fingerprint density at radius 2 is 1.88 bits per heavy atom. The highest BCUT2D eigenvalue weighted by Crippen LogP contribution is 2.23. The number of cyclic esters (lactones) is 1. The number of aliphatic hydroxyl groups excluding tert-OH is 2. The minimum Gasteiger partial charge on any atom is -0.425 e. The number of ether oxygens (including phenoxy) is 1. The molecule has 1 heterocycles. The number of hydrogen-bond donors (Lipinski definition) is 2. The van der Waals surface area contributed by atoms with Gasteiger partial charge in [-0.3, -0.25) is 0 Å². The Bertz CT molecular complexity index is 307. The van der Waals surface area contributed by atoms with E-state index in [0.29, 0.717) is 5.57 Å². The second-order valence-corrected chi connectivity index (χ2v) is 4.20. The zero-order valence-electron chi connectivity index (χ0n) is 10.0. The Hall–Kier alpha value is -1.13. The molecule has 1 aliphatic rings. The highest BCUT2D eigenvalue weighted by Gasteiger charge is 2.32. The van der Waals surface area contributed by atoms with Crippen molar-refractivity contribution in [2.24, 2.45) is 0 Å². The van der Waals surface area contributed by atoms with Crippen LogP contribution in [0.2, 0.25) is 0 Å². The van der Waals surface area contributed by atoms with Gasteiger partial charge in [-0.15, -0.1) is 0 Å². The van der Waals surface area contributed by atoms with Gasteiger partial charge in [0.2, 0.25) is 0 Å². The second-order valence-electron chi connectivity index (χ2n) is 4.20. The Morgan fingerprint density at radius 1 is 1.24 bits per heavy atom. The van der Waals surface area contributed by atoms with E-state index >= 15 is 0 Å². The summed E-state index contributed by atoms with van der Waals surface area (Å²) in [5.41, 5.74) is 0.311. The van der Waals surface area contributed by atoms with Gasteiger partial charge in [-0.05, 0) is 19.3 Å². The van der Waals surface area contributed by atoms with Gasteiger partial charge in [0, 0.05) is 6.61 Å². The Morgan fingerprint density at radius 3 is 2.47 bits per heavy atom. The Balaban J connectivity index is 2.20. The number of esters is 1. The fourth-order valence-corrected chi connectivity index (χ4v) is 1.76. The van der Waals surface area contributed by atoms with E-state index in [9.17, 15) is 9.90 Å². The van der Waals surface area contributed by atoms with Crippen molar-refractivity contribution in [3.05, 3.63) is 24.0 Å². The molecule has 0 spiro atoms. The lowest BCUT2D eigenvalue weighted by molar-refractivity contribution is -0.132. The first-order valence-electron chi connectivity index (χ1n) is 6.06. The van der Waals surface area contributed by atoms with E-state index in [1.807, 2.05) is 0 Å². The summed E-state index contributed by atoms with van der Waals surface area (Å²) in [5, 5.41) is 18.2. The molecule has 1 atom stereocenters. The van der Waals surface area contributed by atoms with E-state index in [-0.39, 0.29) is 12.4 Å². The lowest BCUT2D eigenvalue weighted by Gasteiger charge is -2.00. The summed E-state index contributed by atoms with van der Waals surface area (Å²) in [7, 11) is 0. The van der Waals surface area contributed by atoms with Crippen LogP contribution in [0.5, 0.6) is 0 Å². The number of carbonyl (C=O) groups excluding carboxylic acids is 1. The van der Waals surface area contributed by atoms with E-state index in [1.54, 1.807) is 6.08 Å². The summed E-state index contributed by atoms with van der Waals surface area (Å²) in [5.74, 6) is -0.369. The highest BCUT2D eigenvalue weighted by atomic mass is 16.6. The maximum Gasteiger partial charge on any atom is 0.341 e. The van der Waals surface area contributed by atoms with Gasteiger partial charge in [-0.25, -0.2) is 4.79 Å². The fourth-order valence-electron chi connectivity index (χ4n) is 1.76. The van der Waals surface area contributed by atoms with Crippen LogP contribution in [0.4, 0.5) is 0 Å². The van der Waals surface area contributed by atoms with Crippen LogP contribution < -0.4 is 0 Å². The molecule has 17 heavy (non-hydrogen) atoms. The van der Waals surface area contributed by atoms with Gasteiger partial charge in [0.25, 0.3) is 0 Å². The number of rotatable bonds is 7. The molecule has 4 nitrogen and oxygen atoms in total. The van der Waals surface area contributed by atoms with Crippen molar-refractivity contribution >= 4 is 5.97 Å². The van der Waals surface area contributed by atoms with Crippen molar-refractivity contribution in [2.75, 3.05) is 6.61 Å². The van der Waals surface area contributed by atoms with E-state index in [4.69, 9.17) is 9.84 Å². The van der Waals surface area contributed by atoms with Crippen LogP contribution in [0, 0.1) is 0 Å². The zero-order chi connectivity index (χ0) is 12.7. The van der Waals surface area contributed by atoms with Crippen LogP contribution in [0.15, 0.2) is 24.0 Å². The molecule has 2 N–H and O–H groups in total. The minimum atomic E-state index is -0.961. The molecular formula is C13H20O4. The maximum atomic E-state index is 11.3. The van der Waals surface area contributed by atoms with Gasteiger partial charge in [-0.1, -0.05) is 31.9 Å². The summed E-state index contributed by atoms with van der Waals surface area (Å²) in [4.78, 5) is 11.3. The predicted molar refractivity (Wildman–Crippen MR) is 64.1 cm³/mol. The highest BCUT2D eigenvalue weighted by molar-refractivity contribution is 5.93. The molecule has 0 unspecified atom stereocenters. The second kappa shape index (κ2) is 7.25. The van der Waals surface area contributed by atoms with Crippen molar-refractivity contribution in [3.63, 3.8) is 0 Å². The lowest BCUT2D eigenvalue weighted by Crippen LogP contribution is -2.07. The van der Waals surface area contributed by atoms with Crippen LogP contribution in [-0.4, -0.2) is 28.9 Å². The normalized spacial score (nSPS) is 22.2. The number of hydrogen-bond acceptors (Lipinski definition) is 4. The third-order valence-corrected chi connectivity index (χ3v) is 2.79. The number of allylic oxidation sites excluding steroid dienone is 1. The molecular weight excluding hydrogens is 220 g/mol. The Kier molecular flexibility index (Phi) is 5.94. The molecule has 0 aromatic carbocycles. The molecule has 0 saturated carbocycles. The van der Waals surface area contributed by atoms with Crippen molar-refractivity contribution in [1.29, 1.82) is 0 Å². The predicted octanol–water partition coefficient (Wildman–Crippen LogP) is 1.68. The molecule has 1 rings (SSSR count). The largest absolute Gasteiger partial charge is 0.425 e. The molecule has 0 radical (unpaired) electrons. The summed E-state index contributed by atoms with van der Waals surface area (Å²) in [6.07, 6.45) is 6.55. The van der Waals surface area contributed by atoms with Crippen molar-refractivity contribution < 1.29 is 19.7 Å². The van der Waals surface area contributed by atoms with Crippen LogP contribution in [0.1, 0.15) is 38.5 Å². The molecule has 0 aromatic heterocycles. The fraction of sp³-hybridized carbons (Fsp3) is 0.615. The van der Waals surface area contributed by atoms with Gasteiger partial charge < -0.3 is 14.9 Å². The van der Waals surface area contributed by atoms with E-state index in [1.165, 1.54) is 0 Å². The lowest BCUT2D eigenvalue weighted by atomic mass is 10.1. The van der Waals surface area contributed by atoms with E-state index in [2.05, 4.69) is 6.58 Å². The monoisotopic (exact) mass is 240 g/mol. The molecule has 0 amide bonds. The number of carbonyl (C=O) groups is 1. The zero-order valence-corrected chi connectivity index (χ0v) is 10.0. The quantitative estimate of drug-likeness (QED) is 0.403. The maximum absolute atomic E-state index is 11.3. The summed E-state index contributed by atoms with van der Waals surface area (Å²) >= 11 is 0. The van der Waals surface area contributed by atoms with Crippen LogP contribution in [0.25, 0.3) is 0 Å². The first-order chi connectivity index (χ1) is 8.16. The van der Waals surface area contributed by atoms with Crippen LogP contribution >= 0.6 is 0 Å². The summed E-state index contributed by atoms with van der Waals surface area (Å²) < 4.78 is 4.72. The SMILES string of the molecule is C=C1OC(=O)/C(=C/CCCCCCCO)[C@@H]1O. The molecule has 1 saturated heterocycles. The molecule has 0 aromatic rings. The van der Waals surface area contributed by atoms with Gasteiger partial charge in [0.15, 0.2) is 0 Å². The summed E-state index contributed by atoms with van der Waals surface area (Å²) in [6, 6.07) is 0. The van der Waals surface area contributed by atoms with Crippen molar-refractivity contribution in [3.8, 4) is 0 Å². The smallest absolute Gasteiger partial charge is 0.341 e. The topological polar surface area (TPSA) is 66.8 Å². The van der Waals surface area contributed by atoms with Gasteiger partial charge in [0.05, 0.1) is 5.57 Å². The molecule has 4 heteroatoms. The van der Waals surface area contributed by atoms with Gasteiger partial charge in [-0.2, -0.15) is 0 Å². The van der Waals surface area contributed by atoms with Gasteiger partial charge in [0.1, 0.15) is 11.9 Å². The standard InChI is InChI=1S/C13H20O4/c1-10-12(15)11(13(16)17-10)8-6-4-2-3-5-7-9-14/h8,12,14-15H,1-7,9H2/b11-8+/t12-/m1/s1. The first-order valence-corrected chi connectivity index (χ1v) is 6.06. The average molecular weight is 240 g/mol.